The second kappa shape index (κ2) is 9.45. The monoisotopic (exact) mass is 425 g/mol. The van der Waals surface area contributed by atoms with Gasteiger partial charge >= 0.3 is 5.97 Å². The van der Waals surface area contributed by atoms with Crippen molar-refractivity contribution >= 4 is 17.7 Å². The Kier molecular flexibility index (Phi) is 6.49. The van der Waals surface area contributed by atoms with E-state index in [2.05, 4.69) is 17.4 Å². The number of carbonyl (C=O) groups is 2. The third-order valence-electron chi connectivity index (χ3n) is 6.27. The van der Waals surface area contributed by atoms with Crippen LogP contribution in [0.5, 0.6) is 0 Å². The molecule has 1 aromatic carbocycles. The van der Waals surface area contributed by atoms with Crippen LogP contribution in [0.25, 0.3) is 0 Å². The number of carbonyl (C=O) groups excluding carboxylic acids is 1. The number of hydrogen-bond acceptors (Lipinski definition) is 4. The fourth-order valence-corrected chi connectivity index (χ4v) is 4.67. The highest BCUT2D eigenvalue weighted by atomic mass is 19.1. The molecule has 0 saturated carbocycles. The first kappa shape index (κ1) is 21.3. The summed E-state index contributed by atoms with van der Waals surface area (Å²) in [6.07, 6.45) is 5.06. The number of aromatic nitrogens is 1. The zero-order chi connectivity index (χ0) is 21.8. The highest BCUT2D eigenvalue weighted by molar-refractivity contribution is 5.82. The predicted molar refractivity (Wildman–Crippen MR) is 115 cm³/mol. The number of carboxylic acid groups (broad SMARTS) is 1. The highest BCUT2D eigenvalue weighted by Gasteiger charge is 2.37. The van der Waals surface area contributed by atoms with E-state index in [-0.39, 0.29) is 18.2 Å². The van der Waals surface area contributed by atoms with Crippen LogP contribution >= 0.6 is 0 Å². The van der Waals surface area contributed by atoms with Gasteiger partial charge in [0.05, 0.1) is 12.5 Å². The molecular weight excluding hydrogens is 397 g/mol. The molecule has 7 heteroatoms. The van der Waals surface area contributed by atoms with Crippen molar-refractivity contribution in [3.05, 3.63) is 59.0 Å². The second-order valence-corrected chi connectivity index (χ2v) is 8.42. The standard InChI is InChI=1S/C24H28FN3O3/c25-19-7-1-5-18(14-19)21(15-22(29)30)28-13-11-17(24(28)31)4-2-8-20-10-9-16-6-3-12-26-23(16)27-20/h1,5,7,9-10,14,17,21H,2-4,6,8,11-13,15H2,(H,26,27)(H,29,30). The number of nitrogens with zero attached hydrogens (tertiary/aromatic N) is 2. The molecule has 1 fully saturated rings. The number of nitrogens with one attached hydrogen (secondary N) is 1. The second-order valence-electron chi connectivity index (χ2n) is 8.42. The zero-order valence-electron chi connectivity index (χ0n) is 17.5. The molecule has 31 heavy (non-hydrogen) atoms. The Labute approximate surface area is 181 Å². The van der Waals surface area contributed by atoms with Crippen LogP contribution < -0.4 is 5.32 Å². The average molecular weight is 426 g/mol. The number of rotatable bonds is 8. The lowest BCUT2D eigenvalue weighted by Gasteiger charge is -2.27. The number of halogens is 1. The molecule has 0 spiro atoms. The van der Waals surface area contributed by atoms with Gasteiger partial charge in [0.15, 0.2) is 0 Å². The van der Waals surface area contributed by atoms with Gasteiger partial charge in [-0.3, -0.25) is 9.59 Å². The first-order valence-corrected chi connectivity index (χ1v) is 11.0. The van der Waals surface area contributed by atoms with E-state index >= 15 is 0 Å². The van der Waals surface area contributed by atoms with E-state index in [1.54, 1.807) is 17.0 Å². The summed E-state index contributed by atoms with van der Waals surface area (Å²) < 4.78 is 13.7. The lowest BCUT2D eigenvalue weighted by Crippen LogP contribution is -2.33. The number of amides is 1. The predicted octanol–water partition coefficient (Wildman–Crippen LogP) is 3.97. The first-order valence-electron chi connectivity index (χ1n) is 11.0. The quantitative estimate of drug-likeness (QED) is 0.669. The molecule has 2 aliphatic heterocycles. The van der Waals surface area contributed by atoms with Crippen molar-refractivity contribution in [2.24, 2.45) is 5.92 Å². The van der Waals surface area contributed by atoms with E-state index in [4.69, 9.17) is 4.98 Å². The van der Waals surface area contributed by atoms with Gasteiger partial charge < -0.3 is 15.3 Å². The van der Waals surface area contributed by atoms with Gasteiger partial charge in [-0.25, -0.2) is 9.37 Å². The lowest BCUT2D eigenvalue weighted by molar-refractivity contribution is -0.140. The summed E-state index contributed by atoms with van der Waals surface area (Å²) in [6.45, 7) is 1.46. The number of carboxylic acids is 1. The van der Waals surface area contributed by atoms with Crippen molar-refractivity contribution in [3.63, 3.8) is 0 Å². The van der Waals surface area contributed by atoms with Crippen molar-refractivity contribution in [1.82, 2.24) is 9.88 Å². The minimum absolute atomic E-state index is 0.0319. The smallest absolute Gasteiger partial charge is 0.305 e. The van der Waals surface area contributed by atoms with Crippen LogP contribution in [0.15, 0.2) is 36.4 Å². The van der Waals surface area contributed by atoms with Crippen LogP contribution in [0.1, 0.15) is 55.0 Å². The molecule has 2 aliphatic rings. The summed E-state index contributed by atoms with van der Waals surface area (Å²) in [4.78, 5) is 30.8. The summed E-state index contributed by atoms with van der Waals surface area (Å²) in [7, 11) is 0. The van der Waals surface area contributed by atoms with Crippen molar-refractivity contribution in [1.29, 1.82) is 0 Å². The van der Waals surface area contributed by atoms with Crippen molar-refractivity contribution in [2.75, 3.05) is 18.4 Å². The van der Waals surface area contributed by atoms with Crippen LogP contribution in [-0.4, -0.2) is 40.0 Å². The first-order chi connectivity index (χ1) is 15.0. The maximum absolute atomic E-state index is 13.7. The molecule has 0 aliphatic carbocycles. The summed E-state index contributed by atoms with van der Waals surface area (Å²) in [5.74, 6) is -0.601. The van der Waals surface area contributed by atoms with Crippen LogP contribution in [0, 0.1) is 11.7 Å². The molecular formula is C24H28FN3O3. The fraction of sp³-hybridized carbons (Fsp3) is 0.458. The summed E-state index contributed by atoms with van der Waals surface area (Å²) in [5, 5.41) is 12.7. The minimum Gasteiger partial charge on any atom is -0.481 e. The Morgan fingerprint density at radius 3 is 3.00 bits per heavy atom. The number of fused-ring (bicyclic) bond motifs is 1. The Bertz CT molecular complexity index is 965. The van der Waals surface area contributed by atoms with Crippen LogP contribution in [-0.2, 0) is 22.4 Å². The van der Waals surface area contributed by atoms with Crippen molar-refractivity contribution in [2.45, 2.75) is 51.0 Å². The fourth-order valence-electron chi connectivity index (χ4n) is 4.67. The minimum atomic E-state index is -1.00. The Hall–Kier alpha value is -2.96. The number of anilines is 1. The van der Waals surface area contributed by atoms with E-state index in [0.29, 0.717) is 18.5 Å². The number of aryl methyl sites for hydroxylation is 2. The van der Waals surface area contributed by atoms with Gasteiger partial charge in [-0.2, -0.15) is 0 Å². The molecule has 164 valence electrons. The lowest BCUT2D eigenvalue weighted by atomic mass is 9.98. The number of likely N-dealkylation sites (tertiary alicyclic amines) is 1. The summed E-state index contributed by atoms with van der Waals surface area (Å²) >= 11 is 0. The molecule has 6 nitrogen and oxygen atoms in total. The molecule has 0 radical (unpaired) electrons. The normalized spacial score (nSPS) is 19.1. The van der Waals surface area contributed by atoms with Gasteiger partial charge in [-0.05, 0) is 67.9 Å². The number of pyridine rings is 1. The van der Waals surface area contributed by atoms with Gasteiger partial charge in [0, 0.05) is 24.7 Å². The van der Waals surface area contributed by atoms with Gasteiger partial charge in [-0.1, -0.05) is 18.2 Å². The molecule has 1 aromatic heterocycles. The Balaban J connectivity index is 1.37. The molecule has 2 unspecified atom stereocenters. The maximum Gasteiger partial charge on any atom is 0.305 e. The number of hydrogen-bond donors (Lipinski definition) is 2. The highest BCUT2D eigenvalue weighted by Crippen LogP contribution is 2.33. The summed E-state index contributed by atoms with van der Waals surface area (Å²) in [5.41, 5.74) is 2.82. The summed E-state index contributed by atoms with van der Waals surface area (Å²) in [6, 6.07) is 9.46. The third-order valence-corrected chi connectivity index (χ3v) is 6.27. The van der Waals surface area contributed by atoms with Gasteiger partial charge in [0.2, 0.25) is 5.91 Å². The third kappa shape index (κ3) is 5.03. The molecule has 2 N–H and O–H groups in total. The van der Waals surface area contributed by atoms with E-state index < -0.39 is 17.8 Å². The molecule has 3 heterocycles. The maximum atomic E-state index is 13.7. The van der Waals surface area contributed by atoms with Crippen LogP contribution in [0.2, 0.25) is 0 Å². The van der Waals surface area contributed by atoms with Crippen LogP contribution in [0.3, 0.4) is 0 Å². The largest absolute Gasteiger partial charge is 0.481 e. The molecule has 1 amide bonds. The van der Waals surface area contributed by atoms with Crippen molar-refractivity contribution < 1.29 is 19.1 Å². The number of aliphatic carboxylic acids is 1. The topological polar surface area (TPSA) is 82.5 Å². The Morgan fingerprint density at radius 2 is 2.19 bits per heavy atom. The molecule has 1 saturated heterocycles. The molecule has 0 bridgehead atoms. The Morgan fingerprint density at radius 1 is 1.32 bits per heavy atom. The SMILES string of the molecule is O=C(O)CC(c1cccc(F)c1)N1CCC(CCCc2ccc3c(n2)NCCC3)C1=O. The van der Waals surface area contributed by atoms with Gasteiger partial charge in [-0.15, -0.1) is 0 Å². The number of benzene rings is 1. The zero-order valence-corrected chi connectivity index (χ0v) is 17.5. The van der Waals surface area contributed by atoms with E-state index in [0.717, 1.165) is 50.2 Å². The van der Waals surface area contributed by atoms with Crippen molar-refractivity contribution in [3.8, 4) is 0 Å². The van der Waals surface area contributed by atoms with E-state index in [9.17, 15) is 19.1 Å². The molecule has 2 atom stereocenters. The van der Waals surface area contributed by atoms with E-state index in [1.807, 2.05) is 0 Å². The van der Waals surface area contributed by atoms with Gasteiger partial charge in [0.25, 0.3) is 0 Å². The van der Waals surface area contributed by atoms with Crippen LogP contribution in [0.4, 0.5) is 10.2 Å². The average Bonchev–Trinajstić information content (AvgIpc) is 3.12. The molecule has 4 rings (SSSR count). The molecule has 2 aromatic rings. The van der Waals surface area contributed by atoms with Gasteiger partial charge in [0.1, 0.15) is 11.6 Å². The van der Waals surface area contributed by atoms with E-state index in [1.165, 1.54) is 17.7 Å².